The Hall–Kier alpha value is -0.910. The van der Waals surface area contributed by atoms with Gasteiger partial charge in [-0.2, -0.15) is 0 Å². The average Bonchev–Trinajstić information content (AvgIpc) is 2.41. The summed E-state index contributed by atoms with van der Waals surface area (Å²) in [6.45, 7) is 7.39. The van der Waals surface area contributed by atoms with Gasteiger partial charge in [0.1, 0.15) is 0 Å². The van der Waals surface area contributed by atoms with Crippen LogP contribution in [0.4, 0.5) is 0 Å². The van der Waals surface area contributed by atoms with Crippen molar-refractivity contribution in [3.8, 4) is 11.8 Å². The van der Waals surface area contributed by atoms with E-state index in [2.05, 4.69) is 55.3 Å². The highest BCUT2D eigenvalue weighted by atomic mass is 32.2. The van der Waals surface area contributed by atoms with Gasteiger partial charge < -0.3 is 5.32 Å². The lowest BCUT2D eigenvalue weighted by Crippen LogP contribution is -2.19. The molecule has 1 rings (SSSR count). The first-order valence-corrected chi connectivity index (χ1v) is 7.62. The topological polar surface area (TPSA) is 12.0 Å². The van der Waals surface area contributed by atoms with Crippen molar-refractivity contribution in [2.45, 2.75) is 44.6 Å². The zero-order chi connectivity index (χ0) is 13.2. The van der Waals surface area contributed by atoms with E-state index in [9.17, 15) is 0 Å². The van der Waals surface area contributed by atoms with E-state index in [-0.39, 0.29) is 0 Å². The van der Waals surface area contributed by atoms with Gasteiger partial charge in [-0.05, 0) is 44.5 Å². The molecule has 0 heterocycles. The molecule has 1 atom stereocenters. The predicted molar refractivity (Wildman–Crippen MR) is 81.9 cm³/mol. The molecule has 0 aliphatic rings. The van der Waals surface area contributed by atoms with Gasteiger partial charge in [-0.15, -0.1) is 23.6 Å². The van der Waals surface area contributed by atoms with Crippen LogP contribution in [0.1, 0.15) is 45.2 Å². The van der Waals surface area contributed by atoms with Crippen molar-refractivity contribution < 1.29 is 0 Å². The van der Waals surface area contributed by atoms with E-state index in [0.717, 1.165) is 18.7 Å². The average molecular weight is 261 g/mol. The maximum Gasteiger partial charge on any atom is 0.0292 e. The van der Waals surface area contributed by atoms with Gasteiger partial charge >= 0.3 is 0 Å². The van der Waals surface area contributed by atoms with Gasteiger partial charge in [0, 0.05) is 23.1 Å². The Morgan fingerprint density at radius 2 is 2.22 bits per heavy atom. The molecule has 0 amide bonds. The van der Waals surface area contributed by atoms with E-state index < -0.39 is 0 Å². The summed E-state index contributed by atoms with van der Waals surface area (Å²) in [4.78, 5) is 1.34. The molecule has 1 nitrogen and oxygen atoms in total. The molecule has 1 N–H and O–H groups in total. The van der Waals surface area contributed by atoms with Gasteiger partial charge in [-0.3, -0.25) is 0 Å². The summed E-state index contributed by atoms with van der Waals surface area (Å²) in [7, 11) is 0. The molecular formula is C16H23NS. The second kappa shape index (κ2) is 9.08. The minimum Gasteiger partial charge on any atom is -0.310 e. The second-order valence-corrected chi connectivity index (χ2v) is 5.44. The Morgan fingerprint density at radius 3 is 2.94 bits per heavy atom. The molecule has 0 radical (unpaired) electrons. The Labute approximate surface area is 116 Å². The Kier molecular flexibility index (Phi) is 7.64. The largest absolute Gasteiger partial charge is 0.310 e. The number of nitrogens with one attached hydrogen (secondary N) is 1. The lowest BCUT2D eigenvalue weighted by atomic mass is 10.1. The molecule has 0 bridgehead atoms. The first kappa shape index (κ1) is 15.1. The predicted octanol–water partition coefficient (Wildman–Crippen LogP) is 4.25. The Balaban J connectivity index is 2.52. The monoisotopic (exact) mass is 261 g/mol. The first-order chi connectivity index (χ1) is 8.77. The highest BCUT2D eigenvalue weighted by Gasteiger charge is 2.04. The zero-order valence-corrected chi connectivity index (χ0v) is 12.4. The lowest BCUT2D eigenvalue weighted by molar-refractivity contribution is 0.570. The van der Waals surface area contributed by atoms with Crippen molar-refractivity contribution in [2.75, 3.05) is 12.3 Å². The number of hydrogen-bond acceptors (Lipinski definition) is 2. The van der Waals surface area contributed by atoms with Crippen LogP contribution in [0.25, 0.3) is 0 Å². The van der Waals surface area contributed by atoms with Crippen LogP contribution in [0.3, 0.4) is 0 Å². The van der Waals surface area contributed by atoms with Crippen molar-refractivity contribution in [2.24, 2.45) is 0 Å². The van der Waals surface area contributed by atoms with Gasteiger partial charge in [0.2, 0.25) is 0 Å². The molecule has 18 heavy (non-hydrogen) atoms. The summed E-state index contributed by atoms with van der Waals surface area (Å²) in [6, 6.07) is 9.24. The fourth-order valence-corrected chi connectivity index (χ4v) is 2.53. The van der Waals surface area contributed by atoms with E-state index in [1.807, 2.05) is 18.7 Å². The third kappa shape index (κ3) is 5.62. The van der Waals surface area contributed by atoms with Crippen molar-refractivity contribution in [3.05, 3.63) is 29.8 Å². The van der Waals surface area contributed by atoms with Crippen LogP contribution in [-0.2, 0) is 0 Å². The molecule has 1 aromatic carbocycles. The van der Waals surface area contributed by atoms with Crippen LogP contribution in [-0.4, -0.2) is 12.3 Å². The highest BCUT2D eigenvalue weighted by Crippen LogP contribution is 2.22. The maximum atomic E-state index is 3.52. The SMILES string of the molecule is CC#CCCSc1cccc(C(C)NCCC)c1. The van der Waals surface area contributed by atoms with E-state index in [1.54, 1.807) is 0 Å². The van der Waals surface area contributed by atoms with E-state index in [1.165, 1.54) is 16.9 Å². The minimum atomic E-state index is 0.431. The normalized spacial score (nSPS) is 11.7. The van der Waals surface area contributed by atoms with E-state index in [4.69, 9.17) is 0 Å². The third-order valence-corrected chi connectivity index (χ3v) is 3.73. The molecular weight excluding hydrogens is 238 g/mol. The fourth-order valence-electron chi connectivity index (χ4n) is 1.70. The van der Waals surface area contributed by atoms with Crippen molar-refractivity contribution >= 4 is 11.8 Å². The number of hydrogen-bond donors (Lipinski definition) is 1. The third-order valence-electron chi connectivity index (χ3n) is 2.73. The van der Waals surface area contributed by atoms with E-state index in [0.29, 0.717) is 6.04 Å². The summed E-state index contributed by atoms with van der Waals surface area (Å²) in [5.41, 5.74) is 1.37. The lowest BCUT2D eigenvalue weighted by Gasteiger charge is -2.14. The first-order valence-electron chi connectivity index (χ1n) is 6.63. The Morgan fingerprint density at radius 1 is 1.39 bits per heavy atom. The molecule has 98 valence electrons. The molecule has 0 fully saturated rings. The summed E-state index contributed by atoms with van der Waals surface area (Å²) < 4.78 is 0. The van der Waals surface area contributed by atoms with Crippen molar-refractivity contribution in [1.29, 1.82) is 0 Å². The summed E-state index contributed by atoms with van der Waals surface area (Å²) in [6.07, 6.45) is 2.14. The molecule has 1 aromatic rings. The van der Waals surface area contributed by atoms with Gasteiger partial charge in [0.15, 0.2) is 0 Å². The van der Waals surface area contributed by atoms with Gasteiger partial charge in [-0.1, -0.05) is 19.1 Å². The fraction of sp³-hybridized carbons (Fsp3) is 0.500. The van der Waals surface area contributed by atoms with Crippen molar-refractivity contribution in [1.82, 2.24) is 5.32 Å². The van der Waals surface area contributed by atoms with Crippen LogP contribution in [0.5, 0.6) is 0 Å². The van der Waals surface area contributed by atoms with Crippen molar-refractivity contribution in [3.63, 3.8) is 0 Å². The van der Waals surface area contributed by atoms with Gasteiger partial charge in [0.25, 0.3) is 0 Å². The molecule has 0 aliphatic carbocycles. The minimum absolute atomic E-state index is 0.431. The molecule has 0 saturated heterocycles. The quantitative estimate of drug-likeness (QED) is 0.447. The summed E-state index contributed by atoms with van der Waals surface area (Å²) in [5.74, 6) is 7.10. The number of benzene rings is 1. The van der Waals surface area contributed by atoms with Crippen LogP contribution in [0.15, 0.2) is 29.2 Å². The van der Waals surface area contributed by atoms with Crippen LogP contribution < -0.4 is 5.32 Å². The molecule has 0 spiro atoms. The zero-order valence-electron chi connectivity index (χ0n) is 11.6. The summed E-state index contributed by atoms with van der Waals surface area (Å²) >= 11 is 1.89. The molecule has 1 unspecified atom stereocenters. The molecule has 0 saturated carbocycles. The standard InChI is InChI=1S/C16H23NS/c1-4-6-7-12-18-16-10-8-9-15(13-16)14(3)17-11-5-2/h8-10,13-14,17H,5,7,11-12H2,1-3H3. The molecule has 0 aromatic heterocycles. The van der Waals surface area contributed by atoms with E-state index >= 15 is 0 Å². The molecule has 2 heteroatoms. The second-order valence-electron chi connectivity index (χ2n) is 4.27. The molecule has 0 aliphatic heterocycles. The van der Waals surface area contributed by atoms with Gasteiger partial charge in [0.05, 0.1) is 0 Å². The maximum absolute atomic E-state index is 3.52. The van der Waals surface area contributed by atoms with Crippen LogP contribution >= 0.6 is 11.8 Å². The smallest absolute Gasteiger partial charge is 0.0292 e. The van der Waals surface area contributed by atoms with Crippen LogP contribution in [0, 0.1) is 11.8 Å². The van der Waals surface area contributed by atoms with Crippen LogP contribution in [0.2, 0.25) is 0 Å². The number of thioether (sulfide) groups is 1. The number of rotatable bonds is 7. The highest BCUT2D eigenvalue weighted by molar-refractivity contribution is 7.99. The van der Waals surface area contributed by atoms with Gasteiger partial charge in [-0.25, -0.2) is 0 Å². The summed E-state index contributed by atoms with van der Waals surface area (Å²) in [5, 5.41) is 3.52. The Bertz CT molecular complexity index is 403.